The molecule has 0 saturated carbocycles. The molecule has 1 rings (SSSR count). The quantitative estimate of drug-likeness (QED) is 0.521. The summed E-state index contributed by atoms with van der Waals surface area (Å²) in [5, 5.41) is 9.10. The average Bonchev–Trinajstić information content (AvgIpc) is 2.70. The van der Waals surface area contributed by atoms with Crippen LogP contribution in [0.5, 0.6) is 0 Å². The van der Waals surface area contributed by atoms with Gasteiger partial charge in [-0.05, 0) is 12.8 Å². The third kappa shape index (κ3) is 5.66. The van der Waals surface area contributed by atoms with Crippen molar-refractivity contribution in [2.75, 3.05) is 19.8 Å². The Bertz CT molecular complexity index is 328. The van der Waals surface area contributed by atoms with E-state index < -0.39 is 23.7 Å². The molecule has 1 fully saturated rings. The number of aliphatic hydroxyl groups excluding tert-OH is 1. The lowest BCUT2D eigenvalue weighted by Crippen LogP contribution is -2.34. The Hall–Kier alpha value is -1.47. The number of nitrogens with zero attached hydrogens (tertiary/aromatic N) is 1. The highest BCUT2D eigenvalue weighted by molar-refractivity contribution is 6.01. The molecule has 20 heavy (non-hydrogen) atoms. The largest absolute Gasteiger partial charge is 0.396 e. The molecule has 116 valence electrons. The molecule has 0 aromatic heterocycles. The Balaban J connectivity index is 0.00000361. The van der Waals surface area contributed by atoms with Gasteiger partial charge in [-0.1, -0.05) is 14.4 Å². The summed E-state index contributed by atoms with van der Waals surface area (Å²) in [6.45, 7) is 2.50. The number of ether oxygens (including phenoxy) is 1. The summed E-state index contributed by atoms with van der Waals surface area (Å²) in [4.78, 5) is 38.9. The number of rotatable bonds is 8. The fourth-order valence-corrected chi connectivity index (χ4v) is 1.48. The van der Waals surface area contributed by atoms with Gasteiger partial charge in [-0.3, -0.25) is 9.59 Å². The van der Waals surface area contributed by atoms with Crippen LogP contribution in [0, 0.1) is 5.92 Å². The van der Waals surface area contributed by atoms with E-state index in [-0.39, 0.29) is 26.9 Å². The van der Waals surface area contributed by atoms with E-state index in [9.17, 15) is 14.4 Å². The predicted octanol–water partition coefficient (Wildman–Crippen LogP) is 0.655. The lowest BCUT2D eigenvalue weighted by atomic mass is 10.1. The maximum Gasteiger partial charge on any atom is 0.336 e. The van der Waals surface area contributed by atoms with E-state index in [1.807, 2.05) is 0 Å². The van der Waals surface area contributed by atoms with Gasteiger partial charge in [0.2, 0.25) is 0 Å². The standard InChI is InChI=1S/C12H19NO6.CH4/c1-9(5-8-18-7-2-6-14)12(17)19-13-10(15)3-4-11(13)16;/h9,14H,2-8H2,1H3;1H4. The molecule has 1 N–H and O–H groups in total. The lowest BCUT2D eigenvalue weighted by Gasteiger charge is -2.16. The smallest absolute Gasteiger partial charge is 0.336 e. The molecule has 7 heteroatoms. The van der Waals surface area contributed by atoms with Crippen molar-refractivity contribution in [3.05, 3.63) is 0 Å². The molecular weight excluding hydrogens is 266 g/mol. The number of hydrogen-bond acceptors (Lipinski definition) is 6. The van der Waals surface area contributed by atoms with Gasteiger partial charge in [-0.2, -0.15) is 0 Å². The van der Waals surface area contributed by atoms with E-state index >= 15 is 0 Å². The molecule has 2 amide bonds. The van der Waals surface area contributed by atoms with Crippen LogP contribution in [0.25, 0.3) is 0 Å². The molecular formula is C13H23NO6. The van der Waals surface area contributed by atoms with Crippen molar-refractivity contribution in [1.82, 2.24) is 5.06 Å². The highest BCUT2D eigenvalue weighted by Crippen LogP contribution is 2.14. The maximum atomic E-state index is 11.6. The van der Waals surface area contributed by atoms with Crippen LogP contribution in [-0.4, -0.2) is 47.8 Å². The number of imide groups is 1. The van der Waals surface area contributed by atoms with Crippen molar-refractivity contribution in [1.29, 1.82) is 0 Å². The zero-order valence-corrected chi connectivity index (χ0v) is 11.0. The summed E-state index contributed by atoms with van der Waals surface area (Å²) in [7, 11) is 0. The summed E-state index contributed by atoms with van der Waals surface area (Å²) in [5.74, 6) is -2.04. The summed E-state index contributed by atoms with van der Waals surface area (Å²) in [6, 6.07) is 0. The third-order valence-electron chi connectivity index (χ3n) is 2.73. The Labute approximate surface area is 118 Å². The van der Waals surface area contributed by atoms with Gasteiger partial charge in [-0.15, -0.1) is 5.06 Å². The normalized spacial score (nSPS) is 16.0. The van der Waals surface area contributed by atoms with Gasteiger partial charge < -0.3 is 14.7 Å². The van der Waals surface area contributed by atoms with Crippen molar-refractivity contribution in [3.63, 3.8) is 0 Å². The highest BCUT2D eigenvalue weighted by atomic mass is 16.7. The molecule has 0 radical (unpaired) electrons. The first-order valence-corrected chi connectivity index (χ1v) is 6.32. The zero-order chi connectivity index (χ0) is 14.3. The van der Waals surface area contributed by atoms with Gasteiger partial charge in [0.25, 0.3) is 11.8 Å². The van der Waals surface area contributed by atoms with Gasteiger partial charge in [-0.25, -0.2) is 4.79 Å². The fourth-order valence-electron chi connectivity index (χ4n) is 1.48. The van der Waals surface area contributed by atoms with Crippen LogP contribution in [0.15, 0.2) is 0 Å². The number of aliphatic hydroxyl groups is 1. The van der Waals surface area contributed by atoms with Crippen molar-refractivity contribution >= 4 is 17.8 Å². The van der Waals surface area contributed by atoms with E-state index in [1.54, 1.807) is 6.92 Å². The molecule has 0 bridgehead atoms. The van der Waals surface area contributed by atoms with Gasteiger partial charge in [0.1, 0.15) is 0 Å². The second-order valence-corrected chi connectivity index (χ2v) is 4.37. The number of amides is 2. The molecule has 1 unspecified atom stereocenters. The molecule has 1 aliphatic heterocycles. The van der Waals surface area contributed by atoms with Crippen LogP contribution in [0.2, 0.25) is 0 Å². The van der Waals surface area contributed by atoms with Crippen molar-refractivity contribution in [3.8, 4) is 0 Å². The molecule has 0 spiro atoms. The van der Waals surface area contributed by atoms with Crippen molar-refractivity contribution < 1.29 is 29.1 Å². The Kier molecular flexibility index (Phi) is 8.74. The van der Waals surface area contributed by atoms with Gasteiger partial charge in [0.05, 0.1) is 5.92 Å². The topological polar surface area (TPSA) is 93.1 Å². The van der Waals surface area contributed by atoms with Crippen LogP contribution < -0.4 is 0 Å². The maximum absolute atomic E-state index is 11.6. The van der Waals surface area contributed by atoms with E-state index in [1.165, 1.54) is 0 Å². The summed E-state index contributed by atoms with van der Waals surface area (Å²) in [5.41, 5.74) is 0. The first-order chi connectivity index (χ1) is 9.06. The molecule has 0 aromatic rings. The number of carbonyl (C=O) groups is 3. The predicted molar refractivity (Wildman–Crippen MR) is 70.2 cm³/mol. The third-order valence-corrected chi connectivity index (χ3v) is 2.73. The van der Waals surface area contributed by atoms with Crippen LogP contribution in [0.4, 0.5) is 0 Å². The average molecular weight is 289 g/mol. The van der Waals surface area contributed by atoms with Crippen LogP contribution >= 0.6 is 0 Å². The number of hydroxylamine groups is 2. The van der Waals surface area contributed by atoms with Crippen LogP contribution in [-0.2, 0) is 24.0 Å². The first-order valence-electron chi connectivity index (χ1n) is 6.32. The number of carbonyl (C=O) groups excluding carboxylic acids is 3. The summed E-state index contributed by atoms with van der Waals surface area (Å²) >= 11 is 0. The van der Waals surface area contributed by atoms with Crippen LogP contribution in [0.1, 0.15) is 40.0 Å². The minimum Gasteiger partial charge on any atom is -0.396 e. The van der Waals surface area contributed by atoms with E-state index in [2.05, 4.69) is 0 Å². The van der Waals surface area contributed by atoms with E-state index in [0.29, 0.717) is 31.1 Å². The monoisotopic (exact) mass is 289 g/mol. The van der Waals surface area contributed by atoms with Gasteiger partial charge in [0, 0.05) is 32.7 Å². The molecule has 7 nitrogen and oxygen atoms in total. The molecule has 1 heterocycles. The second kappa shape index (κ2) is 9.44. The van der Waals surface area contributed by atoms with Gasteiger partial charge in [0.15, 0.2) is 0 Å². The minimum absolute atomic E-state index is 0. The summed E-state index contributed by atoms with van der Waals surface area (Å²) < 4.78 is 5.19. The van der Waals surface area contributed by atoms with Crippen LogP contribution in [0.3, 0.4) is 0 Å². The molecule has 0 aromatic carbocycles. The molecule has 1 saturated heterocycles. The SMILES string of the molecule is C.CC(CCOCCCO)C(=O)ON1C(=O)CCC1=O. The Morgan fingerprint density at radius 1 is 1.30 bits per heavy atom. The summed E-state index contributed by atoms with van der Waals surface area (Å²) in [6.07, 6.45) is 1.16. The van der Waals surface area contributed by atoms with Crippen molar-refractivity contribution in [2.45, 2.75) is 40.0 Å². The Morgan fingerprint density at radius 2 is 1.90 bits per heavy atom. The number of hydrogen-bond donors (Lipinski definition) is 1. The molecule has 1 atom stereocenters. The van der Waals surface area contributed by atoms with E-state index in [0.717, 1.165) is 0 Å². The van der Waals surface area contributed by atoms with Crippen molar-refractivity contribution in [2.24, 2.45) is 5.92 Å². The second-order valence-electron chi connectivity index (χ2n) is 4.37. The minimum atomic E-state index is -0.616. The Morgan fingerprint density at radius 3 is 2.45 bits per heavy atom. The lowest BCUT2D eigenvalue weighted by molar-refractivity contribution is -0.200. The zero-order valence-electron chi connectivity index (χ0n) is 11.0. The van der Waals surface area contributed by atoms with E-state index in [4.69, 9.17) is 14.7 Å². The van der Waals surface area contributed by atoms with Gasteiger partial charge >= 0.3 is 5.97 Å². The highest BCUT2D eigenvalue weighted by Gasteiger charge is 2.33. The fraction of sp³-hybridized carbons (Fsp3) is 0.769. The first kappa shape index (κ1) is 18.5. The molecule has 1 aliphatic rings. The molecule has 0 aliphatic carbocycles.